The molecule has 0 heterocycles. The van der Waals surface area contributed by atoms with E-state index < -0.39 is 0 Å². The van der Waals surface area contributed by atoms with Gasteiger partial charge in [-0.1, -0.05) is 100 Å². The Morgan fingerprint density at radius 3 is 2.14 bits per heavy atom. The maximum atomic E-state index is 3.94. The Kier molecular flexibility index (Phi) is 10.2. The Morgan fingerprint density at radius 1 is 0.943 bits per heavy atom. The number of hydrogen-bond donors (Lipinski definition) is 0. The zero-order valence-electron chi connectivity index (χ0n) is 22.2. The van der Waals surface area contributed by atoms with Crippen molar-refractivity contribution in [3.8, 4) is 0 Å². The summed E-state index contributed by atoms with van der Waals surface area (Å²) in [6.07, 6.45) is 26.1. The van der Waals surface area contributed by atoms with E-state index in [0.717, 1.165) is 6.42 Å². The zero-order chi connectivity index (χ0) is 23.9. The molecule has 4 aliphatic carbocycles. The topological polar surface area (TPSA) is 0 Å². The van der Waals surface area contributed by atoms with Gasteiger partial charge in [0.1, 0.15) is 0 Å². The first kappa shape index (κ1) is 30.5. The molecule has 0 saturated heterocycles. The van der Waals surface area contributed by atoms with Gasteiger partial charge >= 0.3 is 59.5 Å². The monoisotopic (exact) mass is 583 g/mol. The van der Waals surface area contributed by atoms with Crippen molar-refractivity contribution in [3.63, 3.8) is 0 Å². The quantitative estimate of drug-likeness (QED) is 0.429. The fraction of sp³-hybridized carbons (Fsp3) is 0.469. The second-order valence-electron chi connectivity index (χ2n) is 12.0. The first-order chi connectivity index (χ1) is 15.5. The van der Waals surface area contributed by atoms with Gasteiger partial charge in [-0.3, -0.25) is 0 Å². The average Bonchev–Trinajstić information content (AvgIpc) is 3.40. The minimum absolute atomic E-state index is 0. The Balaban J connectivity index is 0.000000417. The number of rotatable bonds is 1. The van der Waals surface area contributed by atoms with Gasteiger partial charge in [-0.25, -0.2) is 0 Å². The molecule has 1 unspecified atom stereocenters. The van der Waals surface area contributed by atoms with Gasteiger partial charge in [0.25, 0.3) is 0 Å². The van der Waals surface area contributed by atoms with Crippen LogP contribution in [0.1, 0.15) is 85.6 Å². The van der Waals surface area contributed by atoms with Crippen LogP contribution < -0.4 is 35.3 Å². The summed E-state index contributed by atoms with van der Waals surface area (Å²) in [5, 5.41) is 2.68. The van der Waals surface area contributed by atoms with Crippen LogP contribution in [0.25, 0.3) is 11.6 Å². The van der Waals surface area contributed by atoms with Crippen LogP contribution in [0, 0.1) is 16.9 Å². The molecule has 4 aliphatic rings. The Morgan fingerprint density at radius 2 is 1.63 bits per heavy atom. The molecule has 0 amide bonds. The van der Waals surface area contributed by atoms with E-state index in [1.165, 1.54) is 64.8 Å². The molecule has 0 N–H and O–H groups in total. The van der Waals surface area contributed by atoms with Crippen molar-refractivity contribution in [2.75, 3.05) is 0 Å². The molecule has 1 fully saturated rings. The zero-order valence-corrected chi connectivity index (χ0v) is 26.2. The Hall–Kier alpha value is -0.747. The van der Waals surface area contributed by atoms with Crippen molar-refractivity contribution < 1.29 is 49.0 Å². The molecule has 186 valence electrons. The molecule has 0 aromatic heterocycles. The molecule has 0 radical (unpaired) electrons. The van der Waals surface area contributed by atoms with Gasteiger partial charge in [-0.15, -0.1) is 11.6 Å². The number of allylic oxidation sites excluding steroid dienone is 8. The maximum absolute atomic E-state index is 3.94. The number of fused-ring (bicyclic) bond motifs is 2. The van der Waals surface area contributed by atoms with Gasteiger partial charge in [-0.05, 0) is 28.2 Å². The third-order valence-corrected chi connectivity index (χ3v) is 8.78. The van der Waals surface area contributed by atoms with Crippen LogP contribution in [0.3, 0.4) is 0 Å². The molecule has 1 atom stereocenters. The molecule has 0 bridgehead atoms. The van der Waals surface area contributed by atoms with Gasteiger partial charge in [0.2, 0.25) is 0 Å². The van der Waals surface area contributed by atoms with Crippen LogP contribution >= 0.6 is 0 Å². The fourth-order valence-electron chi connectivity index (χ4n) is 5.34. The number of benzene rings is 1. The van der Waals surface area contributed by atoms with Crippen LogP contribution in [0.4, 0.5) is 0 Å². The first-order valence-electron chi connectivity index (χ1n) is 12.7. The second kappa shape index (κ2) is 11.8. The van der Waals surface area contributed by atoms with Crippen molar-refractivity contribution in [1.82, 2.24) is 0 Å². The summed E-state index contributed by atoms with van der Waals surface area (Å²) >= 11 is 1.69. The predicted octanol–water partition coefficient (Wildman–Crippen LogP) is 0.825. The number of halogens is 2. The van der Waals surface area contributed by atoms with Gasteiger partial charge in [0.05, 0.1) is 0 Å². The Labute approximate surface area is 240 Å². The van der Waals surface area contributed by atoms with Crippen molar-refractivity contribution in [3.05, 3.63) is 81.8 Å². The van der Waals surface area contributed by atoms with Gasteiger partial charge in [0.15, 0.2) is 0 Å². The van der Waals surface area contributed by atoms with Crippen molar-refractivity contribution in [1.29, 1.82) is 0 Å². The average molecular weight is 586 g/mol. The van der Waals surface area contributed by atoms with Crippen LogP contribution in [0.15, 0.2) is 59.7 Å². The molecule has 0 spiro atoms. The van der Waals surface area contributed by atoms with E-state index in [1.807, 2.05) is 0 Å². The molecular weight excluding hydrogens is 546 g/mol. The molecule has 1 saturated carbocycles. The van der Waals surface area contributed by atoms with Crippen LogP contribution in [-0.4, -0.2) is 3.21 Å². The molecule has 3 heteroatoms. The van der Waals surface area contributed by atoms with Gasteiger partial charge < -0.3 is 24.8 Å². The second-order valence-corrected chi connectivity index (χ2v) is 13.8. The van der Waals surface area contributed by atoms with E-state index in [-0.39, 0.29) is 41.1 Å². The Bertz CT molecular complexity index is 1190. The molecule has 1 aromatic rings. The summed E-state index contributed by atoms with van der Waals surface area (Å²) in [6.45, 7) is 13.8. The van der Waals surface area contributed by atoms with Crippen molar-refractivity contribution >= 4 is 14.9 Å². The summed E-state index contributed by atoms with van der Waals surface area (Å²) in [5.74, 6) is 0. The van der Waals surface area contributed by atoms with E-state index >= 15 is 0 Å². The minimum atomic E-state index is -0.138. The van der Waals surface area contributed by atoms with Crippen molar-refractivity contribution in [2.24, 2.45) is 10.8 Å². The molecule has 0 aliphatic heterocycles. The van der Waals surface area contributed by atoms with Crippen molar-refractivity contribution in [2.45, 2.75) is 85.5 Å². The summed E-state index contributed by atoms with van der Waals surface area (Å²) < 4.78 is 1.80. The fourth-order valence-corrected chi connectivity index (χ4v) is 6.21. The van der Waals surface area contributed by atoms with E-state index in [2.05, 4.69) is 102 Å². The summed E-state index contributed by atoms with van der Waals surface area (Å²) in [6, 6.07) is 6.94. The van der Waals surface area contributed by atoms with E-state index in [4.69, 9.17) is 0 Å². The van der Waals surface area contributed by atoms with E-state index in [9.17, 15) is 0 Å². The standard InChI is InChI=1S/C26H29.C6H10.2ClH.Zr/c1-24(2,3)21-11-12-22-18(16-21)15-19-17-26(25(4,5)6,14-13-23(19)22)20-9-7-8-10-20;1-2-4-6-5-3-1;;;/h7-9,11-16H,10H2,1-6H3;1-5H2;2*1H;/q-1;;;;+2/p-2. The summed E-state index contributed by atoms with van der Waals surface area (Å²) in [4.78, 5) is 0. The molecule has 1 aromatic carbocycles. The number of hydrogen-bond acceptors (Lipinski definition) is 0. The third-order valence-electron chi connectivity index (χ3n) is 7.55. The van der Waals surface area contributed by atoms with Gasteiger partial charge in [-0.2, -0.15) is 17.7 Å². The molecular formula is C32H39Cl2Zr-. The van der Waals surface area contributed by atoms with E-state index in [1.54, 1.807) is 27.4 Å². The molecule has 35 heavy (non-hydrogen) atoms. The molecule has 0 nitrogen and oxygen atoms in total. The van der Waals surface area contributed by atoms with Crippen LogP contribution in [0.5, 0.6) is 0 Å². The SMILES string of the molecule is CC(C)(C)c1ccc2c(c1)=CC1=[C-]C(C3=CC=CC3)(C(C)(C)C)C=CC=21.[Cl-].[Cl-].[Zr+2]=[C]1CCCCC1. The normalized spacial score (nSPS) is 22.5. The summed E-state index contributed by atoms with van der Waals surface area (Å²) in [7, 11) is 0. The van der Waals surface area contributed by atoms with E-state index in [0.29, 0.717) is 0 Å². The molecule has 5 rings (SSSR count). The first-order valence-corrected chi connectivity index (χ1v) is 13.9. The predicted molar refractivity (Wildman–Crippen MR) is 140 cm³/mol. The van der Waals surface area contributed by atoms with Gasteiger partial charge in [0, 0.05) is 0 Å². The summed E-state index contributed by atoms with van der Waals surface area (Å²) in [5.41, 5.74) is 5.54. The van der Waals surface area contributed by atoms with Crippen LogP contribution in [-0.2, 0) is 29.7 Å². The third kappa shape index (κ3) is 6.40. The van der Waals surface area contributed by atoms with Crippen LogP contribution in [0.2, 0.25) is 0 Å².